The van der Waals surface area contributed by atoms with Gasteiger partial charge >= 0.3 is 0 Å². The fourth-order valence-electron chi connectivity index (χ4n) is 3.43. The number of benzene rings is 2. The Bertz CT molecular complexity index is 1000. The molecule has 0 spiro atoms. The fourth-order valence-corrected chi connectivity index (χ4v) is 3.43. The predicted octanol–water partition coefficient (Wildman–Crippen LogP) is 3.68. The highest BCUT2D eigenvalue weighted by atomic mass is 16.6. The highest BCUT2D eigenvalue weighted by Crippen LogP contribution is 2.61. The number of hydrogen-bond acceptors (Lipinski definition) is 7. The number of non-ortho nitro benzene ring substituents is 1. The third-order valence-corrected chi connectivity index (χ3v) is 4.81. The summed E-state index contributed by atoms with van der Waals surface area (Å²) in [7, 11) is 0. The van der Waals surface area contributed by atoms with Crippen LogP contribution in [0.3, 0.4) is 0 Å². The first-order chi connectivity index (χ1) is 13.2. The topological polar surface area (TPSA) is 120 Å². The minimum absolute atomic E-state index is 0.0451. The van der Waals surface area contributed by atoms with Gasteiger partial charge in [-0.05, 0) is 37.6 Å². The van der Waals surface area contributed by atoms with Crippen LogP contribution in [0.2, 0.25) is 0 Å². The fraction of sp³-hybridized carbons (Fsp3) is 0.316. The molecule has 2 heterocycles. The quantitative estimate of drug-likeness (QED) is 0.441. The number of nitro groups is 2. The molecule has 2 atom stereocenters. The SMILES string of the molecule is CC1(C)COC([C@@]2(c3ccccc3[N+](=O)[O-])O[C@@H]2c2ccc([N+](=O)[O-])cc2)=N1. The van der Waals surface area contributed by atoms with Gasteiger partial charge in [-0.25, -0.2) is 4.99 Å². The number of aliphatic imine (C=N–C) groups is 1. The van der Waals surface area contributed by atoms with Gasteiger partial charge in [-0.3, -0.25) is 20.2 Å². The molecule has 4 rings (SSSR count). The molecule has 28 heavy (non-hydrogen) atoms. The third kappa shape index (κ3) is 2.80. The van der Waals surface area contributed by atoms with Crippen molar-refractivity contribution in [3.05, 3.63) is 79.9 Å². The van der Waals surface area contributed by atoms with Crippen LogP contribution in [0.4, 0.5) is 11.4 Å². The summed E-state index contributed by atoms with van der Waals surface area (Å²) in [5.41, 5.74) is -0.843. The van der Waals surface area contributed by atoms with Crippen molar-refractivity contribution in [1.82, 2.24) is 0 Å². The first-order valence-corrected chi connectivity index (χ1v) is 8.64. The molecule has 0 bridgehead atoms. The maximum absolute atomic E-state index is 11.6. The number of ether oxygens (including phenoxy) is 2. The molecule has 2 aromatic carbocycles. The molecule has 0 unspecified atom stereocenters. The van der Waals surface area contributed by atoms with Gasteiger partial charge in [-0.1, -0.05) is 12.1 Å². The van der Waals surface area contributed by atoms with Gasteiger partial charge in [0.2, 0.25) is 11.5 Å². The average Bonchev–Trinajstić information content (AvgIpc) is 3.32. The lowest BCUT2D eigenvalue weighted by molar-refractivity contribution is -0.385. The van der Waals surface area contributed by atoms with Crippen molar-refractivity contribution in [2.45, 2.75) is 31.1 Å². The van der Waals surface area contributed by atoms with Crippen molar-refractivity contribution in [2.24, 2.45) is 4.99 Å². The molecule has 1 saturated heterocycles. The number of hydrogen-bond donors (Lipinski definition) is 0. The highest BCUT2D eigenvalue weighted by Gasteiger charge is 2.67. The van der Waals surface area contributed by atoms with E-state index in [2.05, 4.69) is 4.99 Å². The van der Waals surface area contributed by atoms with E-state index in [4.69, 9.17) is 9.47 Å². The number of epoxide rings is 1. The maximum Gasteiger partial charge on any atom is 0.276 e. The van der Waals surface area contributed by atoms with Crippen molar-refractivity contribution < 1.29 is 19.3 Å². The van der Waals surface area contributed by atoms with E-state index in [-0.39, 0.29) is 17.3 Å². The van der Waals surface area contributed by atoms with Gasteiger partial charge in [-0.15, -0.1) is 0 Å². The summed E-state index contributed by atoms with van der Waals surface area (Å²) in [6.45, 7) is 4.13. The van der Waals surface area contributed by atoms with Crippen LogP contribution in [0.1, 0.15) is 31.1 Å². The molecule has 144 valence electrons. The first kappa shape index (κ1) is 18.1. The van der Waals surface area contributed by atoms with Gasteiger partial charge in [0.25, 0.3) is 11.4 Å². The van der Waals surface area contributed by atoms with E-state index in [9.17, 15) is 20.2 Å². The molecule has 2 aromatic rings. The van der Waals surface area contributed by atoms with Crippen LogP contribution < -0.4 is 0 Å². The lowest BCUT2D eigenvalue weighted by atomic mass is 9.90. The molecule has 1 fully saturated rings. The summed E-state index contributed by atoms with van der Waals surface area (Å²) in [6.07, 6.45) is -0.595. The van der Waals surface area contributed by atoms with Gasteiger partial charge < -0.3 is 9.47 Å². The van der Waals surface area contributed by atoms with Crippen LogP contribution in [-0.2, 0) is 15.1 Å². The smallest absolute Gasteiger partial charge is 0.276 e. The zero-order valence-electron chi connectivity index (χ0n) is 15.2. The van der Waals surface area contributed by atoms with E-state index in [1.165, 1.54) is 18.2 Å². The summed E-state index contributed by atoms with van der Waals surface area (Å²) in [5, 5.41) is 22.5. The summed E-state index contributed by atoms with van der Waals surface area (Å²) < 4.78 is 11.8. The lowest BCUT2D eigenvalue weighted by Crippen LogP contribution is -2.25. The minimum atomic E-state index is -1.23. The predicted molar refractivity (Wildman–Crippen MR) is 99.2 cm³/mol. The Kier molecular flexibility index (Phi) is 3.93. The van der Waals surface area contributed by atoms with E-state index in [1.54, 1.807) is 30.3 Å². The Labute approximate surface area is 159 Å². The molecule has 0 aromatic heterocycles. The summed E-state index contributed by atoms with van der Waals surface area (Å²) in [4.78, 5) is 26.1. The molecule has 9 nitrogen and oxygen atoms in total. The normalized spacial score (nSPS) is 24.9. The average molecular weight is 383 g/mol. The first-order valence-electron chi connectivity index (χ1n) is 8.64. The highest BCUT2D eigenvalue weighted by molar-refractivity contribution is 5.93. The van der Waals surface area contributed by atoms with Crippen molar-refractivity contribution in [1.29, 1.82) is 0 Å². The summed E-state index contributed by atoms with van der Waals surface area (Å²) in [6, 6.07) is 12.2. The van der Waals surface area contributed by atoms with Crippen molar-refractivity contribution in [3.63, 3.8) is 0 Å². The second kappa shape index (κ2) is 6.10. The summed E-state index contributed by atoms with van der Waals surface area (Å²) in [5.74, 6) is 0.287. The van der Waals surface area contributed by atoms with Crippen LogP contribution in [-0.4, -0.2) is 27.9 Å². The van der Waals surface area contributed by atoms with E-state index in [0.29, 0.717) is 17.7 Å². The molecule has 9 heteroatoms. The van der Waals surface area contributed by atoms with Gasteiger partial charge in [0.1, 0.15) is 12.7 Å². The van der Waals surface area contributed by atoms with Gasteiger partial charge in [0.15, 0.2) is 0 Å². The number of nitro benzene ring substituents is 2. The standard InChI is InChI=1S/C19H17N3O6/c1-18(2)11-27-17(20-18)19(14-5-3-4-6-15(14)22(25)26)16(28-19)12-7-9-13(10-8-12)21(23)24/h3-10,16H,11H2,1-2H3/t16-,19+/m1/s1. The zero-order chi connectivity index (χ0) is 20.1. The van der Waals surface area contributed by atoms with Crippen LogP contribution >= 0.6 is 0 Å². The number of para-hydroxylation sites is 1. The third-order valence-electron chi connectivity index (χ3n) is 4.81. The van der Waals surface area contributed by atoms with Gasteiger partial charge in [0.05, 0.1) is 20.9 Å². The Morgan fingerprint density at radius 3 is 2.29 bits per heavy atom. The van der Waals surface area contributed by atoms with Crippen LogP contribution in [0, 0.1) is 20.2 Å². The van der Waals surface area contributed by atoms with Crippen molar-refractivity contribution >= 4 is 17.3 Å². The van der Waals surface area contributed by atoms with Crippen molar-refractivity contribution in [2.75, 3.05) is 6.61 Å². The largest absolute Gasteiger partial charge is 0.476 e. The van der Waals surface area contributed by atoms with Crippen LogP contribution in [0.15, 0.2) is 53.5 Å². The molecule has 0 N–H and O–H groups in total. The van der Waals surface area contributed by atoms with E-state index in [0.717, 1.165) is 0 Å². The Morgan fingerprint density at radius 2 is 1.71 bits per heavy atom. The molecule has 2 aliphatic rings. The van der Waals surface area contributed by atoms with E-state index < -0.39 is 27.1 Å². The molecule has 0 aliphatic carbocycles. The zero-order valence-corrected chi connectivity index (χ0v) is 15.2. The molecule has 0 amide bonds. The maximum atomic E-state index is 11.6. The van der Waals surface area contributed by atoms with Crippen LogP contribution in [0.25, 0.3) is 0 Å². The second-order valence-electron chi connectivity index (χ2n) is 7.37. The Morgan fingerprint density at radius 1 is 1.04 bits per heavy atom. The molecule has 0 radical (unpaired) electrons. The van der Waals surface area contributed by atoms with Gasteiger partial charge in [0, 0.05) is 18.2 Å². The van der Waals surface area contributed by atoms with E-state index in [1.807, 2.05) is 13.8 Å². The van der Waals surface area contributed by atoms with Gasteiger partial charge in [-0.2, -0.15) is 0 Å². The Balaban J connectivity index is 1.82. The molecule has 2 aliphatic heterocycles. The lowest BCUT2D eigenvalue weighted by Gasteiger charge is -2.13. The van der Waals surface area contributed by atoms with Crippen LogP contribution in [0.5, 0.6) is 0 Å². The minimum Gasteiger partial charge on any atom is -0.476 e. The number of rotatable bonds is 5. The molecular formula is C19H17N3O6. The summed E-state index contributed by atoms with van der Waals surface area (Å²) >= 11 is 0. The Hall–Kier alpha value is -3.33. The number of nitrogens with zero attached hydrogens (tertiary/aromatic N) is 3. The monoisotopic (exact) mass is 383 g/mol. The second-order valence-corrected chi connectivity index (χ2v) is 7.37. The van der Waals surface area contributed by atoms with Crippen molar-refractivity contribution in [3.8, 4) is 0 Å². The molecule has 0 saturated carbocycles. The van der Waals surface area contributed by atoms with E-state index >= 15 is 0 Å². The molecular weight excluding hydrogens is 366 g/mol.